The highest BCUT2D eigenvalue weighted by Gasteiger charge is 2.21. The van der Waals surface area contributed by atoms with Gasteiger partial charge in [-0.05, 0) is 29.2 Å². The summed E-state index contributed by atoms with van der Waals surface area (Å²) in [5.41, 5.74) is 14.9. The molecule has 0 aliphatic heterocycles. The first kappa shape index (κ1) is 14.9. The van der Waals surface area contributed by atoms with E-state index in [4.69, 9.17) is 5.73 Å². The molecule has 10 heteroatoms. The molecule has 0 unspecified atom stereocenters. The molecule has 0 radical (unpaired) electrons. The summed E-state index contributed by atoms with van der Waals surface area (Å²) in [4.78, 5) is 12.4. The fourth-order valence-electron chi connectivity index (χ4n) is 2.66. The number of rotatable bonds is 4. The lowest BCUT2D eigenvalue weighted by atomic mass is 10.1. The summed E-state index contributed by atoms with van der Waals surface area (Å²) in [6.07, 6.45) is 2.83. The second-order valence-electron chi connectivity index (χ2n) is 5.47. The van der Waals surface area contributed by atoms with Crippen molar-refractivity contribution < 1.29 is 9.42 Å². The first-order chi connectivity index (χ1) is 12.1. The van der Waals surface area contributed by atoms with Crippen LogP contribution in [0, 0.1) is 6.92 Å². The van der Waals surface area contributed by atoms with E-state index in [-0.39, 0.29) is 17.3 Å². The van der Waals surface area contributed by atoms with Gasteiger partial charge in [0.15, 0.2) is 5.69 Å². The zero-order chi connectivity index (χ0) is 17.4. The number of benzene rings is 1. The molecule has 0 spiro atoms. The molecule has 0 bridgehead atoms. The molecule has 10 nitrogen and oxygen atoms in total. The van der Waals surface area contributed by atoms with Crippen LogP contribution in [0.25, 0.3) is 11.5 Å². The monoisotopic (exact) mass is 338 g/mol. The Bertz CT molecular complexity index is 987. The number of nitrogens with zero attached hydrogens (tertiary/aromatic N) is 5. The molecule has 0 saturated carbocycles. The van der Waals surface area contributed by atoms with Crippen LogP contribution in [-0.2, 0) is 6.42 Å². The van der Waals surface area contributed by atoms with Gasteiger partial charge in [0.1, 0.15) is 0 Å². The largest absolute Gasteiger partial charge is 0.378 e. The van der Waals surface area contributed by atoms with Crippen molar-refractivity contribution in [2.45, 2.75) is 13.3 Å². The van der Waals surface area contributed by atoms with Crippen molar-refractivity contribution >= 4 is 17.4 Å². The number of nitrogens with two attached hydrogens (primary N) is 1. The highest BCUT2D eigenvalue weighted by Crippen LogP contribution is 2.24. The lowest BCUT2D eigenvalue weighted by Gasteiger charge is -2.10. The minimum atomic E-state index is -0.427. The molecule has 2 aromatic heterocycles. The Morgan fingerprint density at radius 1 is 1.32 bits per heavy atom. The zero-order valence-electron chi connectivity index (χ0n) is 13.2. The number of aromatic nitrogens is 5. The molecule has 126 valence electrons. The second kappa shape index (κ2) is 5.74. The summed E-state index contributed by atoms with van der Waals surface area (Å²) >= 11 is 0. The van der Waals surface area contributed by atoms with E-state index in [9.17, 15) is 4.79 Å². The molecule has 1 aliphatic rings. The van der Waals surface area contributed by atoms with Crippen molar-refractivity contribution in [3.05, 3.63) is 52.9 Å². The van der Waals surface area contributed by atoms with Crippen LogP contribution in [0.3, 0.4) is 0 Å². The number of carbonyl (C=O) groups excluding carboxylic acids is 1. The summed E-state index contributed by atoms with van der Waals surface area (Å²) in [7, 11) is 0. The van der Waals surface area contributed by atoms with E-state index in [1.54, 1.807) is 6.92 Å². The van der Waals surface area contributed by atoms with E-state index in [1.165, 1.54) is 10.2 Å². The zero-order valence-corrected chi connectivity index (χ0v) is 13.2. The molecule has 1 aromatic carbocycles. The van der Waals surface area contributed by atoms with Crippen LogP contribution in [0.1, 0.15) is 27.3 Å². The molecule has 4 N–H and O–H groups in total. The van der Waals surface area contributed by atoms with Crippen molar-refractivity contribution in [1.29, 1.82) is 0 Å². The van der Waals surface area contributed by atoms with Gasteiger partial charge in [-0.2, -0.15) is 4.68 Å². The van der Waals surface area contributed by atoms with Gasteiger partial charge < -0.3 is 5.73 Å². The number of amides is 1. The smallest absolute Gasteiger partial charge is 0.292 e. The van der Waals surface area contributed by atoms with Crippen LogP contribution in [-0.4, -0.2) is 31.2 Å². The fourth-order valence-corrected chi connectivity index (χ4v) is 2.66. The maximum absolute atomic E-state index is 12.4. The van der Waals surface area contributed by atoms with Crippen molar-refractivity contribution in [3.8, 4) is 5.82 Å². The minimum Gasteiger partial charge on any atom is -0.378 e. The molecule has 25 heavy (non-hydrogen) atoms. The first-order valence-electron chi connectivity index (χ1n) is 7.50. The number of hydrogen-bond acceptors (Lipinski definition) is 8. The molecular formula is C15H14N8O2. The SMILES string of the molecule is Cc1c(C(=O)NNC2=CCc3ccccc32)nnn1-c1nonc1N. The number of nitrogens with one attached hydrogen (secondary N) is 2. The fraction of sp³-hybridized carbons (Fsp3) is 0.133. The van der Waals surface area contributed by atoms with Gasteiger partial charge in [0.05, 0.1) is 11.4 Å². The Morgan fingerprint density at radius 2 is 2.16 bits per heavy atom. The van der Waals surface area contributed by atoms with Gasteiger partial charge >= 0.3 is 0 Å². The van der Waals surface area contributed by atoms with E-state index in [0.717, 1.165) is 17.7 Å². The minimum absolute atomic E-state index is 0.0609. The van der Waals surface area contributed by atoms with Gasteiger partial charge in [-0.15, -0.1) is 5.10 Å². The topological polar surface area (TPSA) is 137 Å². The first-order valence-corrected chi connectivity index (χ1v) is 7.50. The third kappa shape index (κ3) is 2.49. The van der Waals surface area contributed by atoms with Gasteiger partial charge in [0.25, 0.3) is 5.91 Å². The second-order valence-corrected chi connectivity index (χ2v) is 5.47. The number of hydrogen-bond donors (Lipinski definition) is 3. The van der Waals surface area contributed by atoms with Crippen LogP contribution in [0.2, 0.25) is 0 Å². The lowest BCUT2D eigenvalue weighted by molar-refractivity contribution is 0.0936. The van der Waals surface area contributed by atoms with E-state index in [2.05, 4.69) is 42.2 Å². The molecule has 0 saturated heterocycles. The lowest BCUT2D eigenvalue weighted by Crippen LogP contribution is -2.36. The number of fused-ring (bicyclic) bond motifs is 1. The Morgan fingerprint density at radius 3 is 2.96 bits per heavy atom. The van der Waals surface area contributed by atoms with Gasteiger partial charge in [0.2, 0.25) is 11.6 Å². The predicted molar refractivity (Wildman–Crippen MR) is 87.1 cm³/mol. The number of allylic oxidation sites excluding steroid dienone is 1. The van der Waals surface area contributed by atoms with Crippen molar-refractivity contribution in [1.82, 2.24) is 36.2 Å². The molecule has 0 fully saturated rings. The summed E-state index contributed by atoms with van der Waals surface area (Å²) in [6, 6.07) is 7.98. The predicted octanol–water partition coefficient (Wildman–Crippen LogP) is 0.373. The third-order valence-corrected chi connectivity index (χ3v) is 3.95. The Kier molecular flexibility index (Phi) is 3.42. The van der Waals surface area contributed by atoms with Crippen LogP contribution in [0.4, 0.5) is 5.82 Å². The maximum atomic E-state index is 12.4. The standard InChI is InChI=1S/C15H14N8O2/c1-8-12(18-22-23(8)14-13(16)20-25-21-14)15(24)19-17-11-7-6-9-4-2-3-5-10(9)11/h2-5,7,17H,6H2,1H3,(H2,16,20)(H,19,24). The van der Waals surface area contributed by atoms with E-state index >= 15 is 0 Å². The summed E-state index contributed by atoms with van der Waals surface area (Å²) in [5.74, 6) is -0.181. The van der Waals surface area contributed by atoms with Gasteiger partial charge in [-0.1, -0.05) is 35.6 Å². The summed E-state index contributed by atoms with van der Waals surface area (Å²) < 4.78 is 5.84. The molecule has 1 amide bonds. The van der Waals surface area contributed by atoms with Crippen molar-refractivity contribution in [2.75, 3.05) is 5.73 Å². The van der Waals surface area contributed by atoms with E-state index in [1.807, 2.05) is 24.3 Å². The average Bonchev–Trinajstić information content (AvgIpc) is 3.31. The quantitative estimate of drug-likeness (QED) is 0.580. The molecule has 4 rings (SSSR count). The van der Waals surface area contributed by atoms with Gasteiger partial charge in [-0.25, -0.2) is 4.63 Å². The number of nitrogen functional groups attached to an aromatic ring is 1. The Balaban J connectivity index is 1.50. The summed E-state index contributed by atoms with van der Waals surface area (Å²) in [6.45, 7) is 1.67. The molecule has 2 heterocycles. The van der Waals surface area contributed by atoms with Crippen LogP contribution < -0.4 is 16.6 Å². The van der Waals surface area contributed by atoms with Crippen LogP contribution in [0.5, 0.6) is 0 Å². The van der Waals surface area contributed by atoms with Crippen LogP contribution in [0.15, 0.2) is 35.0 Å². The van der Waals surface area contributed by atoms with Gasteiger partial charge in [0, 0.05) is 5.56 Å². The summed E-state index contributed by atoms with van der Waals surface area (Å²) in [5, 5.41) is 14.9. The average molecular weight is 338 g/mol. The molecule has 1 aliphatic carbocycles. The Hall–Kier alpha value is -3.69. The Labute approximate surface area is 141 Å². The third-order valence-electron chi connectivity index (χ3n) is 3.95. The normalized spacial score (nSPS) is 12.6. The number of anilines is 1. The van der Waals surface area contributed by atoms with E-state index < -0.39 is 5.91 Å². The highest BCUT2D eigenvalue weighted by molar-refractivity contribution is 5.93. The maximum Gasteiger partial charge on any atom is 0.292 e. The van der Waals surface area contributed by atoms with Gasteiger partial charge in [-0.3, -0.25) is 15.6 Å². The van der Waals surface area contributed by atoms with Crippen molar-refractivity contribution in [2.24, 2.45) is 0 Å². The molecule has 3 aromatic rings. The molecular weight excluding hydrogens is 324 g/mol. The number of carbonyl (C=O) groups is 1. The van der Waals surface area contributed by atoms with Crippen LogP contribution >= 0.6 is 0 Å². The van der Waals surface area contributed by atoms with Crippen molar-refractivity contribution in [3.63, 3.8) is 0 Å². The van der Waals surface area contributed by atoms with E-state index in [0.29, 0.717) is 5.69 Å². The number of hydrazine groups is 1. The highest BCUT2D eigenvalue weighted by atomic mass is 16.6. The molecule has 0 atom stereocenters.